The Morgan fingerprint density at radius 1 is 1.33 bits per heavy atom. The number of carbonyl (C=O) groups excluding carboxylic acids is 1. The zero-order valence-corrected chi connectivity index (χ0v) is 12.0. The number of hydrogen-bond acceptors (Lipinski definition) is 4. The minimum Gasteiger partial charge on any atom is -0.491 e. The Hall–Kier alpha value is -1.98. The minimum absolute atomic E-state index is 0.213. The zero-order valence-electron chi connectivity index (χ0n) is 11.2. The van der Waals surface area contributed by atoms with E-state index in [2.05, 4.69) is 0 Å². The summed E-state index contributed by atoms with van der Waals surface area (Å²) in [4.78, 5) is 14.1. The molecule has 0 unspecified atom stereocenters. The van der Waals surface area contributed by atoms with Gasteiger partial charge in [0.05, 0.1) is 6.54 Å². The van der Waals surface area contributed by atoms with Gasteiger partial charge in [-0.3, -0.25) is 4.79 Å². The molecule has 0 atom stereocenters. The van der Waals surface area contributed by atoms with Crippen LogP contribution in [0.5, 0.6) is 5.75 Å². The maximum absolute atomic E-state index is 12.4. The number of benzene rings is 1. The van der Waals surface area contributed by atoms with Crippen molar-refractivity contribution in [1.29, 1.82) is 0 Å². The van der Waals surface area contributed by atoms with Gasteiger partial charge in [-0.1, -0.05) is 11.6 Å². The second kappa shape index (κ2) is 5.79. The maximum atomic E-state index is 12.4. The van der Waals surface area contributed by atoms with Gasteiger partial charge in [0.15, 0.2) is 5.76 Å². The van der Waals surface area contributed by atoms with Crippen LogP contribution in [0.1, 0.15) is 21.9 Å². The molecular formula is C15H14ClNO4. The van der Waals surface area contributed by atoms with Crippen LogP contribution in [0.3, 0.4) is 0 Å². The molecule has 110 valence electrons. The lowest BCUT2D eigenvalue weighted by molar-refractivity contribution is 0.0696. The van der Waals surface area contributed by atoms with E-state index in [4.69, 9.17) is 25.9 Å². The number of ether oxygens (including phenoxy) is 1. The Morgan fingerprint density at radius 2 is 2.19 bits per heavy atom. The Labute approximate surface area is 126 Å². The summed E-state index contributed by atoms with van der Waals surface area (Å²) < 4.78 is 10.9. The maximum Gasteiger partial charge on any atom is 0.289 e. The molecule has 1 N–H and O–H groups in total. The Bertz CT molecular complexity index is 667. The summed E-state index contributed by atoms with van der Waals surface area (Å²) in [6, 6.07) is 8.52. The molecule has 0 bridgehead atoms. The van der Waals surface area contributed by atoms with Gasteiger partial charge in [0.2, 0.25) is 0 Å². The molecule has 0 saturated heterocycles. The van der Waals surface area contributed by atoms with Crippen LogP contribution in [-0.2, 0) is 13.2 Å². The van der Waals surface area contributed by atoms with Crippen molar-refractivity contribution in [2.75, 3.05) is 13.2 Å². The highest BCUT2D eigenvalue weighted by atomic mass is 35.5. The monoisotopic (exact) mass is 307 g/mol. The van der Waals surface area contributed by atoms with E-state index in [-0.39, 0.29) is 18.3 Å². The number of halogens is 1. The van der Waals surface area contributed by atoms with E-state index < -0.39 is 0 Å². The number of aliphatic hydroxyl groups is 1. The normalized spacial score (nSPS) is 14.3. The summed E-state index contributed by atoms with van der Waals surface area (Å²) in [6.45, 7) is 1.05. The second-order valence-electron chi connectivity index (χ2n) is 4.75. The van der Waals surface area contributed by atoms with Crippen molar-refractivity contribution in [3.63, 3.8) is 0 Å². The van der Waals surface area contributed by atoms with Crippen molar-refractivity contribution in [3.05, 3.63) is 52.4 Å². The Morgan fingerprint density at radius 3 is 2.95 bits per heavy atom. The highest BCUT2D eigenvalue weighted by molar-refractivity contribution is 6.30. The number of fused-ring (bicyclic) bond motifs is 1. The van der Waals surface area contributed by atoms with Crippen LogP contribution >= 0.6 is 11.6 Å². The van der Waals surface area contributed by atoms with Gasteiger partial charge >= 0.3 is 0 Å². The largest absolute Gasteiger partial charge is 0.491 e. The molecule has 1 amide bonds. The predicted molar refractivity (Wildman–Crippen MR) is 76.3 cm³/mol. The fourth-order valence-corrected chi connectivity index (χ4v) is 2.46. The second-order valence-corrected chi connectivity index (χ2v) is 5.19. The van der Waals surface area contributed by atoms with E-state index in [0.29, 0.717) is 30.5 Å². The highest BCUT2D eigenvalue weighted by Gasteiger charge is 2.23. The number of hydrogen-bond donors (Lipinski definition) is 1. The van der Waals surface area contributed by atoms with Gasteiger partial charge in [-0.05, 0) is 30.3 Å². The van der Waals surface area contributed by atoms with Crippen LogP contribution in [0.2, 0.25) is 5.02 Å². The molecule has 1 aromatic carbocycles. The van der Waals surface area contributed by atoms with Crippen molar-refractivity contribution in [2.45, 2.75) is 13.2 Å². The SMILES string of the molecule is O=C(c1ccc(CO)o1)N1CCOc2ccc(Cl)cc2C1. The van der Waals surface area contributed by atoms with Crippen LogP contribution in [0, 0.1) is 0 Å². The number of carbonyl (C=O) groups is 1. The van der Waals surface area contributed by atoms with E-state index in [1.54, 1.807) is 29.2 Å². The molecule has 21 heavy (non-hydrogen) atoms. The molecule has 0 spiro atoms. The van der Waals surface area contributed by atoms with Crippen LogP contribution in [0.15, 0.2) is 34.7 Å². The van der Waals surface area contributed by atoms with E-state index in [1.807, 2.05) is 6.07 Å². The summed E-state index contributed by atoms with van der Waals surface area (Å²) in [6.07, 6.45) is 0. The summed E-state index contributed by atoms with van der Waals surface area (Å²) in [7, 11) is 0. The molecule has 0 aliphatic carbocycles. The quantitative estimate of drug-likeness (QED) is 0.925. The number of amides is 1. The molecule has 2 heterocycles. The lowest BCUT2D eigenvalue weighted by Crippen LogP contribution is -2.32. The first kappa shape index (κ1) is 14.0. The van der Waals surface area contributed by atoms with Crippen LogP contribution in [-0.4, -0.2) is 29.1 Å². The molecule has 2 aromatic rings. The smallest absolute Gasteiger partial charge is 0.289 e. The van der Waals surface area contributed by atoms with E-state index in [9.17, 15) is 4.79 Å². The summed E-state index contributed by atoms with van der Waals surface area (Å²) in [5, 5.41) is 9.60. The standard InChI is InChI=1S/C15H14ClNO4/c16-11-1-3-13-10(7-11)8-17(5-6-20-13)15(19)14-4-2-12(9-18)21-14/h1-4,7,18H,5-6,8-9H2. The molecule has 1 aliphatic rings. The molecule has 3 rings (SSSR count). The Balaban J connectivity index is 1.84. The van der Waals surface area contributed by atoms with Crippen molar-refractivity contribution in [1.82, 2.24) is 4.90 Å². The lowest BCUT2D eigenvalue weighted by atomic mass is 10.2. The third kappa shape index (κ3) is 2.89. The van der Waals surface area contributed by atoms with E-state index >= 15 is 0 Å². The highest BCUT2D eigenvalue weighted by Crippen LogP contribution is 2.27. The number of rotatable bonds is 2. The van der Waals surface area contributed by atoms with Crippen molar-refractivity contribution >= 4 is 17.5 Å². The summed E-state index contributed by atoms with van der Waals surface area (Å²) in [5.41, 5.74) is 0.863. The lowest BCUT2D eigenvalue weighted by Gasteiger charge is -2.18. The topological polar surface area (TPSA) is 62.9 Å². The zero-order chi connectivity index (χ0) is 14.8. The molecule has 0 radical (unpaired) electrons. The number of furan rings is 1. The van der Waals surface area contributed by atoms with Crippen molar-refractivity contribution in [3.8, 4) is 5.75 Å². The van der Waals surface area contributed by atoms with E-state index in [0.717, 1.165) is 11.3 Å². The Kier molecular flexibility index (Phi) is 3.86. The third-order valence-electron chi connectivity index (χ3n) is 3.32. The van der Waals surface area contributed by atoms with Gasteiger partial charge in [0.1, 0.15) is 24.7 Å². The van der Waals surface area contributed by atoms with Gasteiger partial charge in [-0.25, -0.2) is 0 Å². The van der Waals surface area contributed by atoms with Crippen LogP contribution < -0.4 is 4.74 Å². The predicted octanol–water partition coefficient (Wildman–Crippen LogP) is 2.46. The van der Waals surface area contributed by atoms with Crippen LogP contribution in [0.25, 0.3) is 0 Å². The molecular weight excluding hydrogens is 294 g/mol. The molecule has 6 heteroatoms. The van der Waals surface area contributed by atoms with Crippen molar-refractivity contribution in [2.24, 2.45) is 0 Å². The first-order valence-corrected chi connectivity index (χ1v) is 6.95. The summed E-state index contributed by atoms with van der Waals surface area (Å²) in [5.74, 6) is 1.09. The van der Waals surface area contributed by atoms with Gasteiger partial charge in [-0.2, -0.15) is 0 Å². The first-order valence-electron chi connectivity index (χ1n) is 6.57. The summed E-state index contributed by atoms with van der Waals surface area (Å²) >= 11 is 5.99. The van der Waals surface area contributed by atoms with Gasteiger partial charge in [-0.15, -0.1) is 0 Å². The molecule has 5 nitrogen and oxygen atoms in total. The van der Waals surface area contributed by atoms with Crippen LogP contribution in [0.4, 0.5) is 0 Å². The van der Waals surface area contributed by atoms with Gasteiger partial charge in [0, 0.05) is 17.1 Å². The van der Waals surface area contributed by atoms with Gasteiger partial charge in [0.25, 0.3) is 5.91 Å². The average Bonchev–Trinajstić information content (AvgIpc) is 2.87. The molecule has 1 aromatic heterocycles. The third-order valence-corrected chi connectivity index (χ3v) is 3.55. The first-order chi connectivity index (χ1) is 10.2. The molecule has 0 fully saturated rings. The fourth-order valence-electron chi connectivity index (χ4n) is 2.27. The minimum atomic E-state index is -0.230. The average molecular weight is 308 g/mol. The molecule has 1 aliphatic heterocycles. The number of nitrogens with zero attached hydrogens (tertiary/aromatic N) is 1. The fraction of sp³-hybridized carbons (Fsp3) is 0.267. The van der Waals surface area contributed by atoms with Crippen molar-refractivity contribution < 1.29 is 19.1 Å². The number of aliphatic hydroxyl groups excluding tert-OH is 1. The molecule has 0 saturated carbocycles. The van der Waals surface area contributed by atoms with E-state index in [1.165, 1.54) is 0 Å². The van der Waals surface area contributed by atoms with Gasteiger partial charge < -0.3 is 19.2 Å².